The van der Waals surface area contributed by atoms with Crippen LogP contribution < -0.4 is 25.1 Å². The number of benzene rings is 2. The van der Waals surface area contributed by atoms with Crippen LogP contribution in [0.15, 0.2) is 48.5 Å². The number of amides is 2. The van der Waals surface area contributed by atoms with Crippen molar-refractivity contribution in [2.45, 2.75) is 32.8 Å². The van der Waals surface area contributed by atoms with Gasteiger partial charge in [-0.1, -0.05) is 11.6 Å². The average molecular weight is 421 g/mol. The van der Waals surface area contributed by atoms with Crippen molar-refractivity contribution >= 4 is 23.4 Å². The fourth-order valence-electron chi connectivity index (χ4n) is 2.29. The Morgan fingerprint density at radius 3 is 2.17 bits per heavy atom. The molecule has 156 valence electrons. The Labute approximate surface area is 175 Å². The molecule has 29 heavy (non-hydrogen) atoms. The predicted octanol–water partition coefficient (Wildman–Crippen LogP) is 3.51. The molecule has 0 aliphatic rings. The summed E-state index contributed by atoms with van der Waals surface area (Å²) in [4.78, 5) is 23.9. The van der Waals surface area contributed by atoms with E-state index in [0.29, 0.717) is 36.2 Å². The van der Waals surface area contributed by atoms with Gasteiger partial charge in [0.2, 0.25) is 5.91 Å². The van der Waals surface area contributed by atoms with Crippen LogP contribution in [-0.4, -0.2) is 31.1 Å². The van der Waals surface area contributed by atoms with Gasteiger partial charge >= 0.3 is 0 Å². The quantitative estimate of drug-likeness (QED) is 0.453. The molecule has 7 nitrogen and oxygen atoms in total. The van der Waals surface area contributed by atoms with E-state index in [2.05, 4.69) is 10.9 Å². The molecule has 0 saturated heterocycles. The van der Waals surface area contributed by atoms with E-state index in [9.17, 15) is 9.59 Å². The molecule has 2 rings (SSSR count). The molecule has 2 aromatic rings. The molecule has 0 aliphatic carbocycles. The summed E-state index contributed by atoms with van der Waals surface area (Å²) in [5.74, 6) is 1.17. The standard InChI is InChI=1S/C21H25ClN2O5/c1-3-27-17-10-12-19(13-11-17)29-15(2)21(26)24-23-20(25)5-4-14-28-18-8-6-16(22)7-9-18/h6-13,15H,3-5,14H2,1-2H3,(H,23,25)(H,24,26). The third-order valence-corrected chi connectivity index (χ3v) is 4.02. The van der Waals surface area contributed by atoms with Gasteiger partial charge in [0, 0.05) is 11.4 Å². The second-order valence-corrected chi connectivity index (χ2v) is 6.54. The van der Waals surface area contributed by atoms with Gasteiger partial charge in [0.25, 0.3) is 5.91 Å². The predicted molar refractivity (Wildman–Crippen MR) is 110 cm³/mol. The Morgan fingerprint density at radius 1 is 0.931 bits per heavy atom. The van der Waals surface area contributed by atoms with Gasteiger partial charge in [0.05, 0.1) is 13.2 Å². The number of halogens is 1. The highest BCUT2D eigenvalue weighted by atomic mass is 35.5. The second kappa shape index (κ2) is 11.8. The number of rotatable bonds is 10. The number of carbonyl (C=O) groups excluding carboxylic acids is 2. The van der Waals surface area contributed by atoms with Crippen LogP contribution in [0.25, 0.3) is 0 Å². The number of nitrogens with one attached hydrogen (secondary N) is 2. The van der Waals surface area contributed by atoms with E-state index in [0.717, 1.165) is 5.75 Å². The molecule has 0 aromatic heterocycles. The fourth-order valence-corrected chi connectivity index (χ4v) is 2.41. The summed E-state index contributed by atoms with van der Waals surface area (Å²) < 4.78 is 16.4. The number of hydrogen-bond acceptors (Lipinski definition) is 5. The summed E-state index contributed by atoms with van der Waals surface area (Å²) in [5, 5.41) is 0.633. The van der Waals surface area contributed by atoms with Crippen molar-refractivity contribution in [1.29, 1.82) is 0 Å². The summed E-state index contributed by atoms with van der Waals surface area (Å²) in [6.07, 6.45) is -0.0635. The van der Waals surface area contributed by atoms with Gasteiger partial charge in [0.15, 0.2) is 6.10 Å². The van der Waals surface area contributed by atoms with Crippen LogP contribution in [0.4, 0.5) is 0 Å². The largest absolute Gasteiger partial charge is 0.494 e. The SMILES string of the molecule is CCOc1ccc(OC(C)C(=O)NNC(=O)CCCOc2ccc(Cl)cc2)cc1. The van der Waals surface area contributed by atoms with E-state index in [4.69, 9.17) is 25.8 Å². The molecule has 0 fully saturated rings. The molecular weight excluding hydrogens is 396 g/mol. The maximum Gasteiger partial charge on any atom is 0.279 e. The topological polar surface area (TPSA) is 85.9 Å². The van der Waals surface area contributed by atoms with Crippen molar-refractivity contribution < 1.29 is 23.8 Å². The highest BCUT2D eigenvalue weighted by Gasteiger charge is 2.15. The zero-order chi connectivity index (χ0) is 21.1. The first kappa shape index (κ1) is 22.4. The maximum atomic E-state index is 12.1. The van der Waals surface area contributed by atoms with E-state index < -0.39 is 12.0 Å². The summed E-state index contributed by atoms with van der Waals surface area (Å²) in [7, 11) is 0. The molecule has 8 heteroatoms. The molecule has 1 unspecified atom stereocenters. The molecule has 0 heterocycles. The Kier molecular flexibility index (Phi) is 9.11. The first-order valence-electron chi connectivity index (χ1n) is 9.34. The smallest absolute Gasteiger partial charge is 0.279 e. The van der Waals surface area contributed by atoms with Crippen LogP contribution in [0.1, 0.15) is 26.7 Å². The highest BCUT2D eigenvalue weighted by molar-refractivity contribution is 6.30. The minimum absolute atomic E-state index is 0.210. The van der Waals surface area contributed by atoms with Crippen molar-refractivity contribution in [3.63, 3.8) is 0 Å². The lowest BCUT2D eigenvalue weighted by Gasteiger charge is -2.15. The van der Waals surface area contributed by atoms with Crippen LogP contribution >= 0.6 is 11.6 Å². The first-order valence-corrected chi connectivity index (χ1v) is 9.72. The lowest BCUT2D eigenvalue weighted by atomic mass is 10.3. The Hall–Kier alpha value is -2.93. The summed E-state index contributed by atoms with van der Waals surface area (Å²) in [6.45, 7) is 4.45. The monoisotopic (exact) mass is 420 g/mol. The van der Waals surface area contributed by atoms with Gasteiger partial charge < -0.3 is 14.2 Å². The van der Waals surface area contributed by atoms with Gasteiger partial charge in [-0.3, -0.25) is 20.4 Å². The Balaban J connectivity index is 1.62. The van der Waals surface area contributed by atoms with Crippen molar-refractivity contribution in [2.75, 3.05) is 13.2 Å². The normalized spacial score (nSPS) is 11.3. The first-order chi connectivity index (χ1) is 14.0. The zero-order valence-corrected chi connectivity index (χ0v) is 17.2. The van der Waals surface area contributed by atoms with Crippen molar-refractivity contribution in [2.24, 2.45) is 0 Å². The van der Waals surface area contributed by atoms with Crippen LogP contribution in [0, 0.1) is 0 Å². The molecule has 1 atom stereocenters. The van der Waals surface area contributed by atoms with Gasteiger partial charge in [0.1, 0.15) is 17.2 Å². The minimum Gasteiger partial charge on any atom is -0.494 e. The molecule has 0 saturated carbocycles. The fraction of sp³-hybridized carbons (Fsp3) is 0.333. The molecule has 2 aromatic carbocycles. The molecule has 0 spiro atoms. The van der Waals surface area contributed by atoms with E-state index in [1.54, 1.807) is 55.5 Å². The number of carbonyl (C=O) groups is 2. The average Bonchev–Trinajstić information content (AvgIpc) is 2.72. The zero-order valence-electron chi connectivity index (χ0n) is 16.4. The van der Waals surface area contributed by atoms with Gasteiger partial charge in [-0.05, 0) is 68.8 Å². The van der Waals surface area contributed by atoms with E-state index in [-0.39, 0.29) is 12.3 Å². The van der Waals surface area contributed by atoms with Gasteiger partial charge in [-0.25, -0.2) is 0 Å². The van der Waals surface area contributed by atoms with Gasteiger partial charge in [-0.15, -0.1) is 0 Å². The highest BCUT2D eigenvalue weighted by Crippen LogP contribution is 2.18. The number of hydrogen-bond donors (Lipinski definition) is 2. The van der Waals surface area contributed by atoms with E-state index in [1.807, 2.05) is 6.92 Å². The summed E-state index contributed by atoms with van der Waals surface area (Å²) in [6, 6.07) is 13.9. The van der Waals surface area contributed by atoms with Gasteiger partial charge in [-0.2, -0.15) is 0 Å². The van der Waals surface area contributed by atoms with E-state index in [1.165, 1.54) is 0 Å². The van der Waals surface area contributed by atoms with Crippen LogP contribution in [-0.2, 0) is 9.59 Å². The number of hydrazine groups is 1. The van der Waals surface area contributed by atoms with Crippen LogP contribution in [0.5, 0.6) is 17.2 Å². The molecule has 0 radical (unpaired) electrons. The van der Waals surface area contributed by atoms with Crippen molar-refractivity contribution in [3.05, 3.63) is 53.6 Å². The second-order valence-electron chi connectivity index (χ2n) is 6.11. The van der Waals surface area contributed by atoms with Crippen LogP contribution in [0.2, 0.25) is 5.02 Å². The Morgan fingerprint density at radius 2 is 1.52 bits per heavy atom. The van der Waals surface area contributed by atoms with E-state index >= 15 is 0 Å². The third-order valence-electron chi connectivity index (χ3n) is 3.77. The summed E-state index contributed by atoms with van der Waals surface area (Å²) in [5.41, 5.74) is 4.72. The molecule has 2 N–H and O–H groups in total. The lowest BCUT2D eigenvalue weighted by Crippen LogP contribution is -2.47. The molecule has 0 bridgehead atoms. The van der Waals surface area contributed by atoms with Crippen LogP contribution in [0.3, 0.4) is 0 Å². The minimum atomic E-state index is -0.776. The third kappa shape index (κ3) is 8.31. The van der Waals surface area contributed by atoms with Crippen molar-refractivity contribution in [1.82, 2.24) is 10.9 Å². The molecule has 2 amide bonds. The maximum absolute atomic E-state index is 12.1. The molecular formula is C21H25ClN2O5. The number of ether oxygens (including phenoxy) is 3. The lowest BCUT2D eigenvalue weighted by molar-refractivity contribution is -0.132. The van der Waals surface area contributed by atoms with Crippen molar-refractivity contribution in [3.8, 4) is 17.2 Å². The summed E-state index contributed by atoms with van der Waals surface area (Å²) >= 11 is 5.80. The Bertz CT molecular complexity index is 781. The molecule has 0 aliphatic heterocycles.